The van der Waals surface area contributed by atoms with Crippen molar-refractivity contribution in [3.05, 3.63) is 18.0 Å². The summed E-state index contributed by atoms with van der Waals surface area (Å²) in [6, 6.07) is -0.356. The number of carbonyl (C=O) groups is 1. The van der Waals surface area contributed by atoms with Crippen LogP contribution in [0.15, 0.2) is 12.4 Å². The topological polar surface area (TPSA) is 79.2 Å². The van der Waals surface area contributed by atoms with Gasteiger partial charge in [0.15, 0.2) is 0 Å². The molecular weight excluding hydrogens is 256 g/mol. The number of aliphatic hydroxyl groups is 1. The largest absolute Gasteiger partial charge is 0.388 e. The van der Waals surface area contributed by atoms with E-state index in [1.165, 1.54) is 6.42 Å². The standard InChI is InChI=1S/C14H24N4O2/c1-11(12-8-16-18(2)9-12)17-13(19)15-10-14(20)6-4-3-5-7-14/h8-9,11,20H,3-7,10H2,1-2H3,(H2,15,17,19). The van der Waals surface area contributed by atoms with Gasteiger partial charge in [-0.1, -0.05) is 19.3 Å². The monoisotopic (exact) mass is 280 g/mol. The van der Waals surface area contributed by atoms with Gasteiger partial charge in [-0.3, -0.25) is 4.68 Å². The molecule has 0 aliphatic heterocycles. The molecule has 112 valence electrons. The molecule has 0 saturated heterocycles. The Hall–Kier alpha value is -1.56. The van der Waals surface area contributed by atoms with Crippen molar-refractivity contribution in [2.75, 3.05) is 6.54 Å². The Morgan fingerprint density at radius 1 is 1.50 bits per heavy atom. The van der Waals surface area contributed by atoms with Crippen LogP contribution in [-0.4, -0.2) is 33.1 Å². The quantitative estimate of drug-likeness (QED) is 0.781. The zero-order valence-electron chi connectivity index (χ0n) is 12.2. The summed E-state index contributed by atoms with van der Waals surface area (Å²) in [5, 5.41) is 20.0. The van der Waals surface area contributed by atoms with Crippen LogP contribution in [0.5, 0.6) is 0 Å². The van der Waals surface area contributed by atoms with Crippen LogP contribution >= 0.6 is 0 Å². The summed E-state index contributed by atoms with van der Waals surface area (Å²) in [5.74, 6) is 0. The van der Waals surface area contributed by atoms with Crippen molar-refractivity contribution in [3.8, 4) is 0 Å². The van der Waals surface area contributed by atoms with Gasteiger partial charge in [-0.25, -0.2) is 4.79 Å². The average molecular weight is 280 g/mol. The first-order valence-electron chi connectivity index (χ1n) is 7.24. The molecule has 0 radical (unpaired) electrons. The Bertz CT molecular complexity index is 452. The number of urea groups is 1. The first kappa shape index (κ1) is 14.8. The van der Waals surface area contributed by atoms with Gasteiger partial charge >= 0.3 is 6.03 Å². The second kappa shape index (κ2) is 6.26. The van der Waals surface area contributed by atoms with E-state index >= 15 is 0 Å². The minimum absolute atomic E-state index is 0.107. The molecule has 0 bridgehead atoms. The molecule has 1 aliphatic rings. The maximum Gasteiger partial charge on any atom is 0.315 e. The van der Waals surface area contributed by atoms with Gasteiger partial charge in [0.2, 0.25) is 0 Å². The van der Waals surface area contributed by atoms with E-state index in [0.717, 1.165) is 31.2 Å². The van der Waals surface area contributed by atoms with Gasteiger partial charge in [0.05, 0.1) is 17.8 Å². The number of aromatic nitrogens is 2. The van der Waals surface area contributed by atoms with Crippen molar-refractivity contribution >= 4 is 6.03 Å². The first-order valence-corrected chi connectivity index (χ1v) is 7.24. The molecule has 0 spiro atoms. The fourth-order valence-corrected chi connectivity index (χ4v) is 2.63. The van der Waals surface area contributed by atoms with Crippen molar-refractivity contribution in [1.29, 1.82) is 0 Å². The van der Waals surface area contributed by atoms with E-state index in [-0.39, 0.29) is 12.1 Å². The lowest BCUT2D eigenvalue weighted by molar-refractivity contribution is 0.00714. The van der Waals surface area contributed by atoms with Crippen molar-refractivity contribution in [2.45, 2.75) is 50.7 Å². The van der Waals surface area contributed by atoms with E-state index in [1.54, 1.807) is 10.9 Å². The van der Waals surface area contributed by atoms with Crippen LogP contribution in [-0.2, 0) is 7.05 Å². The molecule has 1 unspecified atom stereocenters. The SMILES string of the molecule is CC(NC(=O)NCC1(O)CCCCC1)c1cnn(C)c1. The summed E-state index contributed by atoms with van der Waals surface area (Å²) in [5.41, 5.74) is 0.228. The van der Waals surface area contributed by atoms with Crippen molar-refractivity contribution < 1.29 is 9.90 Å². The summed E-state index contributed by atoms with van der Waals surface area (Å²) in [4.78, 5) is 11.9. The van der Waals surface area contributed by atoms with Gasteiger partial charge in [-0.05, 0) is 19.8 Å². The van der Waals surface area contributed by atoms with E-state index in [0.29, 0.717) is 6.54 Å². The van der Waals surface area contributed by atoms with E-state index in [4.69, 9.17) is 0 Å². The number of carbonyl (C=O) groups excluding carboxylic acids is 1. The third-order valence-corrected chi connectivity index (χ3v) is 3.93. The zero-order chi connectivity index (χ0) is 14.6. The molecular formula is C14H24N4O2. The lowest BCUT2D eigenvalue weighted by atomic mass is 9.85. The zero-order valence-corrected chi connectivity index (χ0v) is 12.2. The fourth-order valence-electron chi connectivity index (χ4n) is 2.63. The average Bonchev–Trinajstić information content (AvgIpc) is 2.84. The molecule has 2 rings (SSSR count). The van der Waals surface area contributed by atoms with Crippen LogP contribution in [0.2, 0.25) is 0 Å². The van der Waals surface area contributed by atoms with Crippen molar-refractivity contribution in [1.82, 2.24) is 20.4 Å². The van der Waals surface area contributed by atoms with Crippen LogP contribution in [0.3, 0.4) is 0 Å². The predicted octanol–water partition coefficient (Wildman–Crippen LogP) is 1.48. The van der Waals surface area contributed by atoms with Crippen LogP contribution in [0.1, 0.15) is 50.6 Å². The molecule has 1 heterocycles. The van der Waals surface area contributed by atoms with Crippen LogP contribution in [0.25, 0.3) is 0 Å². The molecule has 3 N–H and O–H groups in total. The Morgan fingerprint density at radius 2 is 2.20 bits per heavy atom. The summed E-state index contributed by atoms with van der Waals surface area (Å²) in [6.07, 6.45) is 8.39. The molecule has 1 aromatic heterocycles. The summed E-state index contributed by atoms with van der Waals surface area (Å²) < 4.78 is 1.70. The number of nitrogens with zero attached hydrogens (tertiary/aromatic N) is 2. The molecule has 1 aromatic rings. The number of aryl methyl sites for hydroxylation is 1. The third kappa shape index (κ3) is 3.96. The van der Waals surface area contributed by atoms with Crippen molar-refractivity contribution in [2.24, 2.45) is 7.05 Å². The molecule has 1 saturated carbocycles. The van der Waals surface area contributed by atoms with Gasteiger partial charge < -0.3 is 15.7 Å². The molecule has 1 fully saturated rings. The number of amides is 2. The maximum absolute atomic E-state index is 11.9. The molecule has 6 nitrogen and oxygen atoms in total. The van der Waals surface area contributed by atoms with E-state index in [2.05, 4.69) is 15.7 Å². The van der Waals surface area contributed by atoms with Gasteiger partial charge in [-0.2, -0.15) is 5.10 Å². The summed E-state index contributed by atoms with van der Waals surface area (Å²) in [7, 11) is 1.84. The molecule has 1 aliphatic carbocycles. The Morgan fingerprint density at radius 3 is 2.80 bits per heavy atom. The molecule has 0 aromatic carbocycles. The smallest absolute Gasteiger partial charge is 0.315 e. The minimum Gasteiger partial charge on any atom is -0.388 e. The number of hydrogen-bond donors (Lipinski definition) is 3. The lowest BCUT2D eigenvalue weighted by Gasteiger charge is -2.32. The second-order valence-corrected chi connectivity index (χ2v) is 5.78. The lowest BCUT2D eigenvalue weighted by Crippen LogP contribution is -2.47. The highest BCUT2D eigenvalue weighted by Gasteiger charge is 2.29. The van der Waals surface area contributed by atoms with Crippen LogP contribution < -0.4 is 10.6 Å². The predicted molar refractivity (Wildman–Crippen MR) is 76.2 cm³/mol. The van der Waals surface area contributed by atoms with Gasteiger partial charge in [0.1, 0.15) is 0 Å². The molecule has 1 atom stereocenters. The molecule has 20 heavy (non-hydrogen) atoms. The highest BCUT2D eigenvalue weighted by atomic mass is 16.3. The highest BCUT2D eigenvalue weighted by Crippen LogP contribution is 2.27. The Balaban J connectivity index is 1.77. The van der Waals surface area contributed by atoms with Gasteiger partial charge in [0.25, 0.3) is 0 Å². The number of hydrogen-bond acceptors (Lipinski definition) is 3. The number of rotatable bonds is 4. The maximum atomic E-state index is 11.9. The fraction of sp³-hybridized carbons (Fsp3) is 0.714. The minimum atomic E-state index is -0.729. The first-order chi connectivity index (χ1) is 9.48. The number of nitrogens with one attached hydrogen (secondary N) is 2. The second-order valence-electron chi connectivity index (χ2n) is 5.78. The van der Waals surface area contributed by atoms with Gasteiger partial charge in [-0.15, -0.1) is 0 Å². The normalized spacial score (nSPS) is 19.4. The van der Waals surface area contributed by atoms with Crippen LogP contribution in [0, 0.1) is 0 Å². The van der Waals surface area contributed by atoms with E-state index < -0.39 is 5.60 Å². The summed E-state index contributed by atoms with van der Waals surface area (Å²) >= 11 is 0. The van der Waals surface area contributed by atoms with Crippen molar-refractivity contribution in [3.63, 3.8) is 0 Å². The van der Waals surface area contributed by atoms with E-state index in [9.17, 15) is 9.90 Å². The van der Waals surface area contributed by atoms with Crippen LogP contribution in [0.4, 0.5) is 4.79 Å². The molecule has 6 heteroatoms. The molecule has 2 amide bonds. The third-order valence-electron chi connectivity index (χ3n) is 3.93. The summed E-state index contributed by atoms with van der Waals surface area (Å²) in [6.45, 7) is 2.23. The Kier molecular flexibility index (Phi) is 4.65. The Labute approximate surface area is 119 Å². The van der Waals surface area contributed by atoms with E-state index in [1.807, 2.05) is 20.2 Å². The highest BCUT2D eigenvalue weighted by molar-refractivity contribution is 5.74. The van der Waals surface area contributed by atoms with Gasteiger partial charge in [0, 0.05) is 25.4 Å².